The second-order valence-electron chi connectivity index (χ2n) is 13.3. The van der Waals surface area contributed by atoms with E-state index in [-0.39, 0.29) is 64.7 Å². The van der Waals surface area contributed by atoms with Crippen molar-refractivity contribution in [1.29, 1.82) is 0 Å². The largest absolute Gasteiger partial charge is 0.462 e. The number of carbonyl (C=O) groups is 3. The molecular formula is C29H47NO6. The summed E-state index contributed by atoms with van der Waals surface area (Å²) in [6, 6.07) is 0. The molecule has 0 aromatic heterocycles. The summed E-state index contributed by atoms with van der Waals surface area (Å²) in [4.78, 5) is 40.2. The van der Waals surface area contributed by atoms with E-state index in [1.54, 1.807) is 20.1 Å². The molecule has 0 aromatic carbocycles. The van der Waals surface area contributed by atoms with E-state index in [4.69, 9.17) is 9.47 Å². The Bertz CT molecular complexity index is 885. The summed E-state index contributed by atoms with van der Waals surface area (Å²) >= 11 is 0. The van der Waals surface area contributed by atoms with Crippen LogP contribution in [0, 0.1) is 34.5 Å². The average molecular weight is 506 g/mol. The summed E-state index contributed by atoms with van der Waals surface area (Å²) in [6.45, 7) is 12.6. The molecule has 0 aliphatic heterocycles. The number of ketones is 1. The monoisotopic (exact) mass is 505 g/mol. The lowest BCUT2D eigenvalue weighted by molar-refractivity contribution is -0.191. The van der Waals surface area contributed by atoms with Gasteiger partial charge in [-0.25, -0.2) is 0 Å². The zero-order valence-corrected chi connectivity index (χ0v) is 23.6. The van der Waals surface area contributed by atoms with Crippen LogP contribution >= 0.6 is 0 Å². The van der Waals surface area contributed by atoms with Crippen LogP contribution in [0.5, 0.6) is 0 Å². The molecule has 0 saturated heterocycles. The normalized spacial score (nSPS) is 35.2. The van der Waals surface area contributed by atoms with Crippen molar-refractivity contribution in [2.75, 3.05) is 20.6 Å². The lowest BCUT2D eigenvalue weighted by Gasteiger charge is -2.62. The first-order valence-electron chi connectivity index (χ1n) is 13.5. The van der Waals surface area contributed by atoms with E-state index in [0.717, 1.165) is 31.3 Å². The first-order chi connectivity index (χ1) is 16.6. The Balaban J connectivity index is 1.74. The molecule has 0 aromatic rings. The molecule has 3 aliphatic rings. The number of allylic oxidation sites excluding steroid dienone is 1. The van der Waals surface area contributed by atoms with E-state index in [9.17, 15) is 19.5 Å². The Labute approximate surface area is 217 Å². The molecule has 7 heteroatoms. The number of hydrogen-bond donors (Lipinski definition) is 1. The first-order valence-corrected chi connectivity index (χ1v) is 13.5. The van der Waals surface area contributed by atoms with Crippen molar-refractivity contribution < 1.29 is 29.0 Å². The molecule has 36 heavy (non-hydrogen) atoms. The number of esters is 2. The van der Waals surface area contributed by atoms with Crippen LogP contribution in [0.1, 0.15) is 86.5 Å². The zero-order valence-electron chi connectivity index (χ0n) is 23.6. The third-order valence-corrected chi connectivity index (χ3v) is 9.35. The van der Waals surface area contributed by atoms with Gasteiger partial charge in [0.1, 0.15) is 11.9 Å². The van der Waals surface area contributed by atoms with Gasteiger partial charge in [-0.05, 0) is 82.4 Å². The molecule has 1 N–H and O–H groups in total. The van der Waals surface area contributed by atoms with Gasteiger partial charge in [-0.3, -0.25) is 14.4 Å². The molecule has 204 valence electrons. The smallest absolute Gasteiger partial charge is 0.311 e. The number of carbonyl (C=O) groups excluding carboxylic acids is 3. The highest BCUT2D eigenvalue weighted by atomic mass is 16.5. The molecular weight excluding hydrogens is 458 g/mol. The molecule has 0 radical (unpaired) electrons. The van der Waals surface area contributed by atoms with Crippen molar-refractivity contribution in [1.82, 2.24) is 4.90 Å². The van der Waals surface area contributed by atoms with E-state index < -0.39 is 5.60 Å². The maximum Gasteiger partial charge on any atom is 0.311 e. The average Bonchev–Trinajstić information content (AvgIpc) is 2.74. The molecule has 6 atom stereocenters. The lowest BCUT2D eigenvalue weighted by Crippen LogP contribution is -2.60. The Morgan fingerprint density at radius 2 is 1.83 bits per heavy atom. The second-order valence-corrected chi connectivity index (χ2v) is 13.3. The van der Waals surface area contributed by atoms with E-state index in [1.165, 1.54) is 0 Å². The van der Waals surface area contributed by atoms with E-state index >= 15 is 0 Å². The molecule has 0 spiro atoms. The standard InChI is InChI=1S/C29H47NO6/c1-18-19(17-35-24(32)12-14-30(7)8)9-10-20-26(18)21(31)15-22-28(4,5)23(11-13-29(20,22)6)36-25(33)16-27(2,3)34/h17-18,20,22-23,26,34H,9-16H2,1-8H3. The highest BCUT2D eigenvalue weighted by Crippen LogP contribution is 2.64. The lowest BCUT2D eigenvalue weighted by atomic mass is 9.42. The van der Waals surface area contributed by atoms with Gasteiger partial charge in [-0.2, -0.15) is 0 Å². The van der Waals surface area contributed by atoms with E-state index in [2.05, 4.69) is 27.7 Å². The number of rotatable bonds is 7. The van der Waals surface area contributed by atoms with Crippen LogP contribution in [0.3, 0.4) is 0 Å². The van der Waals surface area contributed by atoms with Gasteiger partial charge in [-0.1, -0.05) is 27.7 Å². The third kappa shape index (κ3) is 6.04. The summed E-state index contributed by atoms with van der Waals surface area (Å²) in [5.41, 5.74) is -0.422. The van der Waals surface area contributed by atoms with E-state index in [1.807, 2.05) is 19.0 Å². The molecule has 6 unspecified atom stereocenters. The Morgan fingerprint density at radius 1 is 1.17 bits per heavy atom. The van der Waals surface area contributed by atoms with Crippen molar-refractivity contribution in [3.63, 3.8) is 0 Å². The topological polar surface area (TPSA) is 93.1 Å². The van der Waals surface area contributed by atoms with Crippen molar-refractivity contribution in [3.8, 4) is 0 Å². The molecule has 0 heterocycles. The fourth-order valence-electron chi connectivity index (χ4n) is 7.34. The van der Waals surface area contributed by atoms with Gasteiger partial charge in [-0.15, -0.1) is 0 Å². The van der Waals surface area contributed by atoms with Gasteiger partial charge in [0.2, 0.25) is 0 Å². The summed E-state index contributed by atoms with van der Waals surface area (Å²) in [6.07, 6.45) is 5.50. The number of fused-ring (bicyclic) bond motifs is 3. The van der Waals surface area contributed by atoms with Crippen LogP contribution < -0.4 is 0 Å². The van der Waals surface area contributed by atoms with Crippen molar-refractivity contribution in [2.24, 2.45) is 34.5 Å². The van der Waals surface area contributed by atoms with Gasteiger partial charge in [0, 0.05) is 24.3 Å². The van der Waals surface area contributed by atoms with Gasteiger partial charge < -0.3 is 19.5 Å². The first kappa shape index (κ1) is 28.8. The summed E-state index contributed by atoms with van der Waals surface area (Å²) < 4.78 is 11.4. The predicted octanol–water partition coefficient (Wildman–Crippen LogP) is 4.52. The maximum absolute atomic E-state index is 13.6. The molecule has 7 nitrogen and oxygen atoms in total. The van der Waals surface area contributed by atoms with Gasteiger partial charge in [0.15, 0.2) is 0 Å². The number of aliphatic hydroxyl groups is 1. The van der Waals surface area contributed by atoms with Crippen LogP contribution in [0.4, 0.5) is 0 Å². The van der Waals surface area contributed by atoms with Crippen LogP contribution in [0.25, 0.3) is 0 Å². The summed E-state index contributed by atoms with van der Waals surface area (Å²) in [5, 5.41) is 10.0. The van der Waals surface area contributed by atoms with Crippen LogP contribution in [-0.2, 0) is 23.9 Å². The minimum atomic E-state index is -1.11. The maximum atomic E-state index is 13.6. The van der Waals surface area contributed by atoms with Crippen LogP contribution in [0.2, 0.25) is 0 Å². The Hall–Kier alpha value is -1.73. The van der Waals surface area contributed by atoms with Gasteiger partial charge in [0.25, 0.3) is 0 Å². The summed E-state index contributed by atoms with van der Waals surface area (Å²) in [7, 11) is 3.85. The summed E-state index contributed by atoms with van der Waals surface area (Å²) in [5.74, 6) is -0.00669. The quantitative estimate of drug-likeness (QED) is 0.402. The van der Waals surface area contributed by atoms with Gasteiger partial charge >= 0.3 is 11.9 Å². The van der Waals surface area contributed by atoms with Crippen LogP contribution in [-0.4, -0.2) is 60.1 Å². The van der Waals surface area contributed by atoms with Crippen molar-refractivity contribution in [2.45, 2.75) is 98.2 Å². The molecule has 3 saturated carbocycles. The number of ether oxygens (including phenoxy) is 2. The molecule has 0 bridgehead atoms. The van der Waals surface area contributed by atoms with Crippen LogP contribution in [0.15, 0.2) is 11.8 Å². The number of nitrogens with zero attached hydrogens (tertiary/aromatic N) is 1. The Morgan fingerprint density at radius 3 is 2.44 bits per heavy atom. The molecule has 0 amide bonds. The molecule has 3 aliphatic carbocycles. The van der Waals surface area contributed by atoms with Gasteiger partial charge in [0.05, 0.1) is 24.7 Å². The fraction of sp³-hybridized carbons (Fsp3) is 0.828. The highest BCUT2D eigenvalue weighted by Gasteiger charge is 2.62. The minimum absolute atomic E-state index is 0.0244. The number of hydrogen-bond acceptors (Lipinski definition) is 7. The van der Waals surface area contributed by atoms with Crippen molar-refractivity contribution >= 4 is 17.7 Å². The second kappa shape index (κ2) is 10.6. The minimum Gasteiger partial charge on any atom is -0.462 e. The fourth-order valence-corrected chi connectivity index (χ4v) is 7.34. The van der Waals surface area contributed by atoms with E-state index in [0.29, 0.717) is 19.4 Å². The zero-order chi connectivity index (χ0) is 27.1. The number of Topliss-reactive ketones (excluding diaryl/α,β-unsaturated/α-hetero) is 1. The van der Waals surface area contributed by atoms with Crippen molar-refractivity contribution in [3.05, 3.63) is 11.8 Å². The molecule has 3 rings (SSSR count). The Kier molecular flexibility index (Phi) is 8.46. The highest BCUT2D eigenvalue weighted by molar-refractivity contribution is 5.84. The third-order valence-electron chi connectivity index (χ3n) is 9.35. The molecule has 3 fully saturated rings. The SMILES string of the molecule is CC1C(=COC(=O)CCN(C)C)CCC2C1C(=O)CC1C(C)(C)C(OC(=O)CC(C)(C)O)CCC21C. The predicted molar refractivity (Wildman–Crippen MR) is 138 cm³/mol.